The van der Waals surface area contributed by atoms with Crippen molar-refractivity contribution < 1.29 is 5.11 Å². The number of thioether (sulfide) groups is 1. The van der Waals surface area contributed by atoms with E-state index in [1.807, 2.05) is 33.0 Å². The lowest BCUT2D eigenvalue weighted by molar-refractivity contribution is 0.265. The van der Waals surface area contributed by atoms with Gasteiger partial charge in [-0.15, -0.1) is 0 Å². The van der Waals surface area contributed by atoms with E-state index in [4.69, 9.17) is 5.11 Å². The molecule has 1 N–H and O–H groups in total. The summed E-state index contributed by atoms with van der Waals surface area (Å²) in [5.41, 5.74) is 1.13. The van der Waals surface area contributed by atoms with Crippen LogP contribution in [-0.4, -0.2) is 21.4 Å². The Morgan fingerprint density at radius 1 is 1.57 bits per heavy atom. The molecule has 78 valence electrons. The maximum atomic E-state index is 9.14. The second kappa shape index (κ2) is 4.64. The molecule has 0 unspecified atom stereocenters. The Morgan fingerprint density at radius 3 is 2.71 bits per heavy atom. The zero-order valence-corrected chi connectivity index (χ0v) is 10.9. The van der Waals surface area contributed by atoms with Gasteiger partial charge in [-0.2, -0.15) is 0 Å². The smallest absolute Gasteiger partial charge is 0.111 e. The molecule has 1 heterocycles. The fourth-order valence-corrected chi connectivity index (χ4v) is 2.45. The first-order chi connectivity index (χ1) is 6.44. The lowest BCUT2D eigenvalue weighted by atomic mass is 10.2. The van der Waals surface area contributed by atoms with Crippen molar-refractivity contribution in [3.8, 4) is 0 Å². The van der Waals surface area contributed by atoms with Gasteiger partial charge in [0, 0.05) is 10.9 Å². The van der Waals surface area contributed by atoms with E-state index in [1.165, 1.54) is 0 Å². The van der Waals surface area contributed by atoms with Crippen molar-refractivity contribution in [3.05, 3.63) is 22.3 Å². The minimum atomic E-state index is -0.190. The molecule has 0 amide bonds. The lowest BCUT2D eigenvalue weighted by Crippen LogP contribution is -2.20. The van der Waals surface area contributed by atoms with Crippen molar-refractivity contribution in [2.24, 2.45) is 0 Å². The van der Waals surface area contributed by atoms with Crippen molar-refractivity contribution in [1.82, 2.24) is 4.98 Å². The Morgan fingerprint density at radius 2 is 2.21 bits per heavy atom. The average Bonchev–Trinajstić information content (AvgIpc) is 2.10. The van der Waals surface area contributed by atoms with Gasteiger partial charge in [-0.05, 0) is 48.3 Å². The molecule has 0 aliphatic heterocycles. The minimum absolute atomic E-state index is 0.139. The second-order valence-electron chi connectivity index (χ2n) is 3.82. The molecular weight excluding hydrogens is 262 g/mol. The van der Waals surface area contributed by atoms with Crippen molar-refractivity contribution in [2.75, 3.05) is 6.61 Å². The molecule has 2 nitrogen and oxygen atoms in total. The first-order valence-electron chi connectivity index (χ1n) is 4.36. The quantitative estimate of drug-likeness (QED) is 0.861. The van der Waals surface area contributed by atoms with E-state index in [0.29, 0.717) is 0 Å². The molecule has 0 saturated heterocycles. The summed E-state index contributed by atoms with van der Waals surface area (Å²) >= 11 is 5.04. The molecule has 0 bridgehead atoms. The van der Waals surface area contributed by atoms with Crippen molar-refractivity contribution in [2.45, 2.75) is 30.5 Å². The van der Waals surface area contributed by atoms with Crippen LogP contribution >= 0.6 is 27.7 Å². The summed E-state index contributed by atoms with van der Waals surface area (Å²) in [6.45, 7) is 6.13. The van der Waals surface area contributed by atoms with Crippen LogP contribution in [0.3, 0.4) is 0 Å². The first-order valence-corrected chi connectivity index (χ1v) is 5.97. The van der Waals surface area contributed by atoms with E-state index < -0.39 is 0 Å². The molecule has 0 spiro atoms. The topological polar surface area (TPSA) is 33.1 Å². The highest BCUT2D eigenvalue weighted by Gasteiger charge is 2.20. The number of nitrogens with zero attached hydrogens (tertiary/aromatic N) is 1. The standard InChI is InChI=1S/C10H14BrNOS/c1-7-4-8(11)9(12-5-7)14-10(2,3)6-13/h4-5,13H,6H2,1-3H3. The molecule has 0 saturated carbocycles. The molecule has 14 heavy (non-hydrogen) atoms. The number of aryl methyl sites for hydroxylation is 1. The summed E-state index contributed by atoms with van der Waals surface area (Å²) in [4.78, 5) is 4.32. The predicted molar refractivity (Wildman–Crippen MR) is 63.7 cm³/mol. The Hall–Kier alpha value is -0.0600. The van der Waals surface area contributed by atoms with Crippen molar-refractivity contribution >= 4 is 27.7 Å². The van der Waals surface area contributed by atoms with E-state index in [2.05, 4.69) is 20.9 Å². The van der Waals surface area contributed by atoms with E-state index in [-0.39, 0.29) is 11.4 Å². The minimum Gasteiger partial charge on any atom is -0.395 e. The number of aliphatic hydroxyl groups is 1. The highest BCUT2D eigenvalue weighted by molar-refractivity contribution is 9.10. The van der Waals surface area contributed by atoms with Gasteiger partial charge in [0.2, 0.25) is 0 Å². The average molecular weight is 276 g/mol. The molecular formula is C10H14BrNOS. The Balaban J connectivity index is 2.87. The van der Waals surface area contributed by atoms with E-state index >= 15 is 0 Å². The SMILES string of the molecule is Cc1cnc(SC(C)(C)CO)c(Br)c1. The molecule has 0 aliphatic rings. The zero-order valence-electron chi connectivity index (χ0n) is 8.54. The van der Waals surface area contributed by atoms with Gasteiger partial charge in [0.15, 0.2) is 0 Å². The van der Waals surface area contributed by atoms with Gasteiger partial charge in [0.25, 0.3) is 0 Å². The van der Waals surface area contributed by atoms with Crippen LogP contribution in [0.5, 0.6) is 0 Å². The number of aromatic nitrogens is 1. The molecule has 0 aromatic carbocycles. The van der Waals surface area contributed by atoms with Gasteiger partial charge in [0.1, 0.15) is 5.03 Å². The summed E-state index contributed by atoms with van der Waals surface area (Å²) in [5.74, 6) is 0. The van der Waals surface area contributed by atoms with Crippen LogP contribution in [0, 0.1) is 6.92 Å². The third-order valence-electron chi connectivity index (χ3n) is 1.70. The third kappa shape index (κ3) is 3.26. The normalized spacial score (nSPS) is 11.8. The number of pyridine rings is 1. The van der Waals surface area contributed by atoms with Gasteiger partial charge >= 0.3 is 0 Å². The van der Waals surface area contributed by atoms with Crippen LogP contribution in [0.15, 0.2) is 21.8 Å². The maximum absolute atomic E-state index is 9.14. The number of hydrogen-bond acceptors (Lipinski definition) is 3. The number of hydrogen-bond donors (Lipinski definition) is 1. The number of aliphatic hydroxyl groups excluding tert-OH is 1. The molecule has 0 fully saturated rings. The van der Waals surface area contributed by atoms with Gasteiger partial charge in [-0.1, -0.05) is 11.8 Å². The summed E-state index contributed by atoms with van der Waals surface area (Å²) in [6, 6.07) is 2.03. The molecule has 0 radical (unpaired) electrons. The molecule has 0 aliphatic carbocycles. The van der Waals surface area contributed by atoms with Gasteiger partial charge in [-0.25, -0.2) is 4.98 Å². The predicted octanol–water partition coefficient (Wildman–Crippen LogP) is 3.02. The van der Waals surface area contributed by atoms with Crippen LogP contribution in [0.25, 0.3) is 0 Å². The van der Waals surface area contributed by atoms with Crippen molar-refractivity contribution in [3.63, 3.8) is 0 Å². The van der Waals surface area contributed by atoms with Gasteiger partial charge < -0.3 is 5.11 Å². The van der Waals surface area contributed by atoms with E-state index in [9.17, 15) is 0 Å². The Labute approximate surface area is 97.3 Å². The van der Waals surface area contributed by atoms with Gasteiger partial charge in [0.05, 0.1) is 11.1 Å². The number of rotatable bonds is 3. The fourth-order valence-electron chi connectivity index (χ4n) is 0.890. The third-order valence-corrected chi connectivity index (χ3v) is 3.77. The first kappa shape index (κ1) is 12.0. The number of halogens is 1. The van der Waals surface area contributed by atoms with E-state index in [1.54, 1.807) is 11.8 Å². The van der Waals surface area contributed by atoms with Crippen LogP contribution < -0.4 is 0 Å². The second-order valence-corrected chi connectivity index (χ2v) is 6.37. The monoisotopic (exact) mass is 275 g/mol. The van der Waals surface area contributed by atoms with Gasteiger partial charge in [-0.3, -0.25) is 0 Å². The highest BCUT2D eigenvalue weighted by atomic mass is 79.9. The molecule has 4 heteroatoms. The summed E-state index contributed by atoms with van der Waals surface area (Å²) in [6.07, 6.45) is 1.83. The Bertz CT molecular complexity index is 328. The van der Waals surface area contributed by atoms with Crippen LogP contribution in [-0.2, 0) is 0 Å². The fraction of sp³-hybridized carbons (Fsp3) is 0.500. The largest absolute Gasteiger partial charge is 0.395 e. The zero-order chi connectivity index (χ0) is 10.8. The molecule has 0 atom stereocenters. The molecule has 1 aromatic heterocycles. The molecule has 1 aromatic rings. The van der Waals surface area contributed by atoms with Crippen LogP contribution in [0.2, 0.25) is 0 Å². The van der Waals surface area contributed by atoms with Crippen LogP contribution in [0.1, 0.15) is 19.4 Å². The summed E-state index contributed by atoms with van der Waals surface area (Å²) < 4.78 is 0.800. The molecule has 1 rings (SSSR count). The van der Waals surface area contributed by atoms with Crippen LogP contribution in [0.4, 0.5) is 0 Å². The highest BCUT2D eigenvalue weighted by Crippen LogP contribution is 2.35. The summed E-state index contributed by atoms with van der Waals surface area (Å²) in [7, 11) is 0. The summed E-state index contributed by atoms with van der Waals surface area (Å²) in [5, 5.41) is 10.1. The van der Waals surface area contributed by atoms with Crippen molar-refractivity contribution in [1.29, 1.82) is 0 Å². The Kier molecular flexibility index (Phi) is 3.98. The maximum Gasteiger partial charge on any atom is 0.111 e. The van der Waals surface area contributed by atoms with E-state index in [0.717, 1.165) is 15.1 Å². The lowest BCUT2D eigenvalue weighted by Gasteiger charge is -2.20.